The summed E-state index contributed by atoms with van der Waals surface area (Å²) >= 11 is 0. The van der Waals surface area contributed by atoms with Crippen molar-refractivity contribution >= 4 is 5.91 Å². The van der Waals surface area contributed by atoms with Gasteiger partial charge in [-0.2, -0.15) is 13.2 Å². The van der Waals surface area contributed by atoms with Gasteiger partial charge < -0.3 is 10.4 Å². The first-order chi connectivity index (χ1) is 9.11. The van der Waals surface area contributed by atoms with Crippen LogP contribution in [0.4, 0.5) is 13.2 Å². The van der Waals surface area contributed by atoms with E-state index >= 15 is 0 Å². The minimum Gasteiger partial charge on any atom is -0.383 e. The summed E-state index contributed by atoms with van der Waals surface area (Å²) in [6.07, 6.45) is -5.79. The largest absolute Gasteiger partial charge is 0.433 e. The molecule has 1 aromatic heterocycles. The molecule has 0 radical (unpaired) electrons. The molecule has 1 unspecified atom stereocenters. The minimum atomic E-state index is -4.57. The second kappa shape index (κ2) is 6.17. The number of nitrogens with zero attached hydrogens (tertiary/aromatic N) is 2. The van der Waals surface area contributed by atoms with Gasteiger partial charge in [0.15, 0.2) is 0 Å². The molecule has 2 N–H and O–H groups in total. The normalized spacial score (nSPS) is 13.4. The number of alkyl halides is 3. The van der Waals surface area contributed by atoms with Crippen molar-refractivity contribution in [1.29, 1.82) is 0 Å². The van der Waals surface area contributed by atoms with Crippen LogP contribution in [0.2, 0.25) is 0 Å². The van der Waals surface area contributed by atoms with E-state index in [2.05, 4.69) is 15.3 Å². The Hall–Kier alpha value is -1.70. The Morgan fingerprint density at radius 3 is 2.50 bits per heavy atom. The third kappa shape index (κ3) is 4.44. The molecular weight excluding hydrogens is 275 g/mol. The lowest BCUT2D eigenvalue weighted by Gasteiger charge is -2.14. The van der Waals surface area contributed by atoms with Crippen LogP contribution >= 0.6 is 0 Å². The van der Waals surface area contributed by atoms with E-state index in [0.29, 0.717) is 0 Å². The summed E-state index contributed by atoms with van der Waals surface area (Å²) in [5.41, 5.74) is -0.903. The van der Waals surface area contributed by atoms with Crippen molar-refractivity contribution in [3.8, 4) is 0 Å². The van der Waals surface area contributed by atoms with Crippen molar-refractivity contribution in [1.82, 2.24) is 15.3 Å². The zero-order chi connectivity index (χ0) is 15.5. The maximum absolute atomic E-state index is 12.6. The van der Waals surface area contributed by atoms with Gasteiger partial charge in [-0.1, -0.05) is 13.8 Å². The maximum atomic E-state index is 12.6. The number of hydrogen-bond donors (Lipinski definition) is 2. The fraction of sp³-hybridized carbons (Fsp3) is 0.583. The summed E-state index contributed by atoms with van der Waals surface area (Å²) in [6.45, 7) is 4.43. The highest BCUT2D eigenvalue weighted by Gasteiger charge is 2.33. The van der Waals surface area contributed by atoms with Crippen LogP contribution in [0.1, 0.15) is 31.1 Å². The molecular formula is C12H16F3N3O2. The Morgan fingerprint density at radius 1 is 1.40 bits per heavy atom. The van der Waals surface area contributed by atoms with Gasteiger partial charge in [-0.25, -0.2) is 9.97 Å². The van der Waals surface area contributed by atoms with Crippen LogP contribution in [0.15, 0.2) is 6.07 Å². The van der Waals surface area contributed by atoms with Crippen LogP contribution in [0.5, 0.6) is 0 Å². The van der Waals surface area contributed by atoms with Gasteiger partial charge in [-0.05, 0) is 18.9 Å². The zero-order valence-electron chi connectivity index (χ0n) is 11.3. The van der Waals surface area contributed by atoms with Crippen LogP contribution in [-0.4, -0.2) is 27.1 Å². The average Bonchev–Trinajstić information content (AvgIpc) is 2.33. The molecule has 0 spiro atoms. The van der Waals surface area contributed by atoms with Crippen LogP contribution in [-0.2, 0) is 17.5 Å². The SMILES string of the molecule is Cc1cc(C(F)(F)F)nc(CNC(=O)C(O)C(C)C)n1. The predicted molar refractivity (Wildman–Crippen MR) is 64.5 cm³/mol. The molecule has 8 heteroatoms. The molecule has 0 aromatic carbocycles. The lowest BCUT2D eigenvalue weighted by molar-refractivity contribution is -0.141. The number of rotatable bonds is 4. The lowest BCUT2D eigenvalue weighted by atomic mass is 10.1. The van der Waals surface area contributed by atoms with E-state index in [0.717, 1.165) is 6.07 Å². The Bertz CT molecular complexity index is 489. The Balaban J connectivity index is 2.79. The van der Waals surface area contributed by atoms with Gasteiger partial charge in [-0.3, -0.25) is 4.79 Å². The molecule has 0 saturated carbocycles. The van der Waals surface area contributed by atoms with Crippen molar-refractivity contribution in [2.24, 2.45) is 5.92 Å². The van der Waals surface area contributed by atoms with E-state index in [9.17, 15) is 23.1 Å². The molecule has 1 aromatic rings. The van der Waals surface area contributed by atoms with Crippen molar-refractivity contribution in [2.45, 2.75) is 39.6 Å². The Kier molecular flexibility index (Phi) is 5.04. The molecule has 0 aliphatic carbocycles. The Labute approximate surface area is 114 Å². The minimum absolute atomic E-state index is 0.151. The molecule has 0 aliphatic heterocycles. The van der Waals surface area contributed by atoms with Gasteiger partial charge in [0.25, 0.3) is 0 Å². The molecule has 1 atom stereocenters. The summed E-state index contributed by atoms with van der Waals surface area (Å²) in [6, 6.07) is 0.828. The number of aromatic nitrogens is 2. The fourth-order valence-electron chi connectivity index (χ4n) is 1.43. The summed E-state index contributed by atoms with van der Waals surface area (Å²) in [7, 11) is 0. The first-order valence-corrected chi connectivity index (χ1v) is 5.98. The second-order valence-corrected chi connectivity index (χ2v) is 4.72. The van der Waals surface area contributed by atoms with Gasteiger partial charge in [0.05, 0.1) is 6.54 Å². The highest BCUT2D eigenvalue weighted by molar-refractivity contribution is 5.80. The summed E-state index contributed by atoms with van der Waals surface area (Å²) in [5.74, 6) is -1.11. The van der Waals surface area contributed by atoms with Gasteiger partial charge in [0, 0.05) is 5.69 Å². The van der Waals surface area contributed by atoms with Crippen molar-refractivity contribution in [3.05, 3.63) is 23.3 Å². The average molecular weight is 291 g/mol. The highest BCUT2D eigenvalue weighted by atomic mass is 19.4. The van der Waals surface area contributed by atoms with E-state index in [-0.39, 0.29) is 24.0 Å². The first-order valence-electron chi connectivity index (χ1n) is 5.98. The quantitative estimate of drug-likeness (QED) is 0.880. The smallest absolute Gasteiger partial charge is 0.383 e. The molecule has 0 fully saturated rings. The molecule has 5 nitrogen and oxygen atoms in total. The number of hydrogen-bond acceptors (Lipinski definition) is 4. The van der Waals surface area contributed by atoms with Gasteiger partial charge >= 0.3 is 6.18 Å². The number of amides is 1. The van der Waals surface area contributed by atoms with Crippen molar-refractivity contribution in [2.75, 3.05) is 0 Å². The van der Waals surface area contributed by atoms with E-state index in [4.69, 9.17) is 0 Å². The number of carbonyl (C=O) groups is 1. The van der Waals surface area contributed by atoms with Gasteiger partial charge in [-0.15, -0.1) is 0 Å². The lowest BCUT2D eigenvalue weighted by Crippen LogP contribution is -2.37. The maximum Gasteiger partial charge on any atom is 0.433 e. The van der Waals surface area contributed by atoms with Crippen molar-refractivity contribution in [3.63, 3.8) is 0 Å². The number of aliphatic hydroxyl groups is 1. The van der Waals surface area contributed by atoms with E-state index in [1.54, 1.807) is 13.8 Å². The Morgan fingerprint density at radius 2 is 2.00 bits per heavy atom. The topological polar surface area (TPSA) is 75.1 Å². The number of nitrogens with one attached hydrogen (secondary N) is 1. The molecule has 0 aliphatic rings. The molecule has 0 bridgehead atoms. The number of halogens is 3. The van der Waals surface area contributed by atoms with E-state index < -0.39 is 23.9 Å². The molecule has 0 saturated heterocycles. The van der Waals surface area contributed by atoms with Crippen LogP contribution in [0.3, 0.4) is 0 Å². The van der Waals surface area contributed by atoms with Crippen molar-refractivity contribution < 1.29 is 23.1 Å². The standard InChI is InChI=1S/C12H16F3N3O2/c1-6(2)10(19)11(20)16-5-9-17-7(3)4-8(18-9)12(13,14)15/h4,6,10,19H,5H2,1-3H3,(H,16,20). The third-order valence-corrected chi connectivity index (χ3v) is 2.51. The molecule has 1 rings (SSSR count). The van der Waals surface area contributed by atoms with Gasteiger partial charge in [0.2, 0.25) is 5.91 Å². The van der Waals surface area contributed by atoms with E-state index in [1.165, 1.54) is 6.92 Å². The van der Waals surface area contributed by atoms with Crippen LogP contribution in [0.25, 0.3) is 0 Å². The fourth-order valence-corrected chi connectivity index (χ4v) is 1.43. The second-order valence-electron chi connectivity index (χ2n) is 4.72. The molecule has 1 heterocycles. The number of aryl methyl sites for hydroxylation is 1. The number of aliphatic hydroxyl groups excluding tert-OH is 1. The number of carbonyl (C=O) groups excluding carboxylic acids is 1. The van der Waals surface area contributed by atoms with Gasteiger partial charge in [0.1, 0.15) is 17.6 Å². The highest BCUT2D eigenvalue weighted by Crippen LogP contribution is 2.27. The van der Waals surface area contributed by atoms with E-state index in [1.807, 2.05) is 0 Å². The monoisotopic (exact) mass is 291 g/mol. The summed E-state index contributed by atoms with van der Waals surface area (Å²) in [5, 5.41) is 11.8. The molecule has 112 valence electrons. The van der Waals surface area contributed by atoms with Crippen LogP contribution < -0.4 is 5.32 Å². The first kappa shape index (κ1) is 16.4. The summed E-state index contributed by atoms with van der Waals surface area (Å²) in [4.78, 5) is 18.7. The zero-order valence-corrected chi connectivity index (χ0v) is 11.3. The summed E-state index contributed by atoms with van der Waals surface area (Å²) < 4.78 is 37.7. The van der Waals surface area contributed by atoms with Crippen LogP contribution in [0, 0.1) is 12.8 Å². The third-order valence-electron chi connectivity index (χ3n) is 2.51. The predicted octanol–water partition coefficient (Wildman–Crippen LogP) is 1.44. The molecule has 20 heavy (non-hydrogen) atoms. The molecule has 1 amide bonds.